The number of carbonyl (C=O) groups is 2. The highest BCUT2D eigenvalue weighted by Crippen LogP contribution is 2.22. The van der Waals surface area contributed by atoms with E-state index in [9.17, 15) is 9.59 Å². The van der Waals surface area contributed by atoms with Crippen molar-refractivity contribution in [2.24, 2.45) is 0 Å². The van der Waals surface area contributed by atoms with Gasteiger partial charge in [-0.3, -0.25) is 9.59 Å². The van der Waals surface area contributed by atoms with Crippen LogP contribution in [-0.2, 0) is 0 Å². The van der Waals surface area contributed by atoms with E-state index in [2.05, 4.69) is 15.8 Å². The molecule has 6 nitrogen and oxygen atoms in total. The Kier molecular flexibility index (Phi) is 5.35. The summed E-state index contributed by atoms with van der Waals surface area (Å²) in [7, 11) is 0. The van der Waals surface area contributed by atoms with Crippen LogP contribution < -0.4 is 10.6 Å². The van der Waals surface area contributed by atoms with Gasteiger partial charge in [0.25, 0.3) is 11.8 Å². The second-order valence-electron chi connectivity index (χ2n) is 6.29. The minimum absolute atomic E-state index is 0.105. The first-order valence-electron chi connectivity index (χ1n) is 8.72. The van der Waals surface area contributed by atoms with Gasteiger partial charge in [0.1, 0.15) is 5.69 Å². The Morgan fingerprint density at radius 2 is 1.74 bits per heavy atom. The SMILES string of the molecule is CCNC(=O)c1ccc(C)c(NC(=O)c2cc(-c3ccc(C)cc3)no2)c1. The van der Waals surface area contributed by atoms with Gasteiger partial charge in [0.2, 0.25) is 5.76 Å². The maximum Gasteiger partial charge on any atom is 0.294 e. The molecule has 0 bridgehead atoms. The molecule has 27 heavy (non-hydrogen) atoms. The molecule has 0 unspecified atom stereocenters. The Bertz CT molecular complexity index is 975. The number of benzene rings is 2. The van der Waals surface area contributed by atoms with Gasteiger partial charge in [-0.15, -0.1) is 0 Å². The molecule has 0 saturated heterocycles. The summed E-state index contributed by atoms with van der Waals surface area (Å²) in [5.74, 6) is -0.500. The van der Waals surface area contributed by atoms with Gasteiger partial charge in [-0.2, -0.15) is 0 Å². The lowest BCUT2D eigenvalue weighted by Crippen LogP contribution is -2.23. The first-order valence-corrected chi connectivity index (χ1v) is 8.72. The zero-order valence-electron chi connectivity index (χ0n) is 15.5. The number of anilines is 1. The van der Waals surface area contributed by atoms with Crippen LogP contribution in [-0.4, -0.2) is 23.5 Å². The fourth-order valence-corrected chi connectivity index (χ4v) is 2.59. The number of aryl methyl sites for hydroxylation is 2. The topological polar surface area (TPSA) is 84.2 Å². The Labute approximate surface area is 157 Å². The average molecular weight is 363 g/mol. The molecule has 3 rings (SSSR count). The van der Waals surface area contributed by atoms with E-state index in [1.54, 1.807) is 24.3 Å². The van der Waals surface area contributed by atoms with Gasteiger partial charge in [0, 0.05) is 29.4 Å². The summed E-state index contributed by atoms with van der Waals surface area (Å²) >= 11 is 0. The molecular formula is C21H21N3O3. The highest BCUT2D eigenvalue weighted by molar-refractivity contribution is 6.04. The molecule has 0 fully saturated rings. The lowest BCUT2D eigenvalue weighted by molar-refractivity contribution is 0.0953. The average Bonchev–Trinajstić information content (AvgIpc) is 3.14. The lowest BCUT2D eigenvalue weighted by Gasteiger charge is -2.09. The zero-order chi connectivity index (χ0) is 19.4. The molecule has 0 radical (unpaired) electrons. The fourth-order valence-electron chi connectivity index (χ4n) is 2.59. The molecule has 138 valence electrons. The molecule has 0 aliphatic carbocycles. The monoisotopic (exact) mass is 363 g/mol. The van der Waals surface area contributed by atoms with Crippen molar-refractivity contribution in [3.05, 3.63) is 71.0 Å². The van der Waals surface area contributed by atoms with Crippen LogP contribution in [0.4, 0.5) is 5.69 Å². The Morgan fingerprint density at radius 1 is 1.00 bits per heavy atom. The zero-order valence-corrected chi connectivity index (χ0v) is 15.5. The fraction of sp³-hybridized carbons (Fsp3) is 0.190. The molecule has 2 amide bonds. The molecule has 2 N–H and O–H groups in total. The summed E-state index contributed by atoms with van der Waals surface area (Å²) in [5, 5.41) is 9.50. The van der Waals surface area contributed by atoms with Gasteiger partial charge in [-0.05, 0) is 38.5 Å². The molecule has 2 aromatic carbocycles. The minimum Gasteiger partial charge on any atom is -0.352 e. The van der Waals surface area contributed by atoms with Crippen molar-refractivity contribution in [3.63, 3.8) is 0 Å². The van der Waals surface area contributed by atoms with Gasteiger partial charge in [0.15, 0.2) is 0 Å². The van der Waals surface area contributed by atoms with E-state index in [4.69, 9.17) is 4.52 Å². The number of hydrogen-bond acceptors (Lipinski definition) is 4. The number of aromatic nitrogens is 1. The second kappa shape index (κ2) is 7.86. The molecule has 6 heteroatoms. The van der Waals surface area contributed by atoms with E-state index in [1.807, 2.05) is 45.0 Å². The van der Waals surface area contributed by atoms with Gasteiger partial charge < -0.3 is 15.2 Å². The highest BCUT2D eigenvalue weighted by atomic mass is 16.5. The maximum atomic E-state index is 12.5. The van der Waals surface area contributed by atoms with Crippen LogP contribution in [0.15, 0.2) is 53.1 Å². The molecule has 0 aliphatic heterocycles. The first-order chi connectivity index (χ1) is 13.0. The van der Waals surface area contributed by atoms with E-state index in [0.717, 1.165) is 16.7 Å². The van der Waals surface area contributed by atoms with Crippen LogP contribution in [0.3, 0.4) is 0 Å². The van der Waals surface area contributed by atoms with Gasteiger partial charge in [0.05, 0.1) is 0 Å². The summed E-state index contributed by atoms with van der Waals surface area (Å²) in [6.07, 6.45) is 0. The standard InChI is InChI=1S/C21H21N3O3/c1-4-22-20(25)16-10-7-14(3)17(11-16)23-21(26)19-12-18(24-27-19)15-8-5-13(2)6-9-15/h5-12H,4H2,1-3H3,(H,22,25)(H,23,26). The van der Waals surface area contributed by atoms with Crippen molar-refractivity contribution in [2.75, 3.05) is 11.9 Å². The van der Waals surface area contributed by atoms with Crippen LogP contribution in [0, 0.1) is 13.8 Å². The van der Waals surface area contributed by atoms with Gasteiger partial charge in [-0.1, -0.05) is 41.1 Å². The first kappa shape index (κ1) is 18.4. The molecule has 1 heterocycles. The van der Waals surface area contributed by atoms with E-state index in [1.165, 1.54) is 0 Å². The van der Waals surface area contributed by atoms with Crippen molar-refractivity contribution in [3.8, 4) is 11.3 Å². The van der Waals surface area contributed by atoms with E-state index < -0.39 is 5.91 Å². The summed E-state index contributed by atoms with van der Waals surface area (Å²) < 4.78 is 5.20. The number of nitrogens with one attached hydrogen (secondary N) is 2. The lowest BCUT2D eigenvalue weighted by atomic mass is 10.1. The van der Waals surface area contributed by atoms with Crippen molar-refractivity contribution >= 4 is 17.5 Å². The largest absolute Gasteiger partial charge is 0.352 e. The molecule has 0 atom stereocenters. The quantitative estimate of drug-likeness (QED) is 0.719. The number of nitrogens with zero attached hydrogens (tertiary/aromatic N) is 1. The molecular weight excluding hydrogens is 342 g/mol. The molecule has 0 saturated carbocycles. The van der Waals surface area contributed by atoms with Crippen molar-refractivity contribution < 1.29 is 14.1 Å². The summed E-state index contributed by atoms with van der Waals surface area (Å²) in [4.78, 5) is 24.5. The second-order valence-corrected chi connectivity index (χ2v) is 6.29. The summed E-state index contributed by atoms with van der Waals surface area (Å²) in [5.41, 5.74) is 4.48. The number of hydrogen-bond donors (Lipinski definition) is 2. The van der Waals surface area contributed by atoms with E-state index in [-0.39, 0.29) is 11.7 Å². The Morgan fingerprint density at radius 3 is 2.44 bits per heavy atom. The summed E-state index contributed by atoms with van der Waals surface area (Å²) in [6.45, 7) is 6.25. The number of rotatable bonds is 5. The third-order valence-corrected chi connectivity index (χ3v) is 4.17. The van der Waals surface area contributed by atoms with Crippen LogP contribution in [0.5, 0.6) is 0 Å². The predicted molar refractivity (Wildman–Crippen MR) is 104 cm³/mol. The molecule has 0 aliphatic rings. The van der Waals surface area contributed by atoms with Crippen molar-refractivity contribution in [1.82, 2.24) is 10.5 Å². The van der Waals surface area contributed by atoms with E-state index in [0.29, 0.717) is 23.5 Å². The third kappa shape index (κ3) is 4.23. The molecule has 3 aromatic rings. The van der Waals surface area contributed by atoms with Gasteiger partial charge in [-0.25, -0.2) is 0 Å². The Balaban J connectivity index is 1.79. The third-order valence-electron chi connectivity index (χ3n) is 4.17. The molecule has 0 spiro atoms. The van der Waals surface area contributed by atoms with Crippen LogP contribution in [0.1, 0.15) is 39.0 Å². The highest BCUT2D eigenvalue weighted by Gasteiger charge is 2.16. The maximum absolute atomic E-state index is 12.5. The smallest absolute Gasteiger partial charge is 0.294 e. The summed E-state index contributed by atoms with van der Waals surface area (Å²) in [6, 6.07) is 14.6. The molecule has 1 aromatic heterocycles. The Hall–Kier alpha value is -3.41. The predicted octanol–water partition coefficient (Wildman–Crippen LogP) is 3.96. The number of carbonyl (C=O) groups excluding carboxylic acids is 2. The van der Waals surface area contributed by atoms with Crippen LogP contribution in [0.2, 0.25) is 0 Å². The van der Waals surface area contributed by atoms with E-state index >= 15 is 0 Å². The normalized spacial score (nSPS) is 10.5. The van der Waals surface area contributed by atoms with Crippen LogP contribution in [0.25, 0.3) is 11.3 Å². The van der Waals surface area contributed by atoms with Gasteiger partial charge >= 0.3 is 0 Å². The number of amides is 2. The van der Waals surface area contributed by atoms with Crippen molar-refractivity contribution in [1.29, 1.82) is 0 Å². The van der Waals surface area contributed by atoms with Crippen LogP contribution >= 0.6 is 0 Å². The van der Waals surface area contributed by atoms with Crippen molar-refractivity contribution in [2.45, 2.75) is 20.8 Å². The minimum atomic E-state index is -0.419.